The molecule has 1 aliphatic heterocycles. The molecule has 2 aromatic rings. The van der Waals surface area contributed by atoms with Gasteiger partial charge in [-0.2, -0.15) is 4.31 Å². The van der Waals surface area contributed by atoms with Crippen molar-refractivity contribution in [2.45, 2.75) is 4.90 Å². The van der Waals surface area contributed by atoms with Gasteiger partial charge in [0.15, 0.2) is 11.5 Å². The van der Waals surface area contributed by atoms with Crippen LogP contribution in [-0.2, 0) is 10.0 Å². The number of hydrogen-bond acceptors (Lipinski definition) is 6. The fourth-order valence-corrected chi connectivity index (χ4v) is 4.35. The Morgan fingerprint density at radius 1 is 1.04 bits per heavy atom. The minimum atomic E-state index is -3.98. The summed E-state index contributed by atoms with van der Waals surface area (Å²) >= 11 is 0. The van der Waals surface area contributed by atoms with Crippen LogP contribution in [0.15, 0.2) is 41.4 Å². The molecule has 1 fully saturated rings. The lowest BCUT2D eigenvalue weighted by molar-refractivity contribution is 0.348. The summed E-state index contributed by atoms with van der Waals surface area (Å²) in [6.45, 7) is 1.44. The highest BCUT2D eigenvalue weighted by molar-refractivity contribution is 7.89. The average molecular weight is 381 g/mol. The van der Waals surface area contributed by atoms with Crippen LogP contribution in [0, 0.1) is 5.82 Å². The van der Waals surface area contributed by atoms with Crippen LogP contribution < -0.4 is 14.4 Å². The quantitative estimate of drug-likeness (QED) is 0.786. The Morgan fingerprint density at radius 3 is 2.27 bits per heavy atom. The number of benzene rings is 1. The molecule has 0 N–H and O–H groups in total. The molecule has 0 unspecified atom stereocenters. The molecule has 2 heterocycles. The fraction of sp³-hybridized carbons (Fsp3) is 0.353. The predicted octanol–water partition coefficient (Wildman–Crippen LogP) is 1.75. The molecule has 1 aromatic heterocycles. The second-order valence-electron chi connectivity index (χ2n) is 5.72. The van der Waals surface area contributed by atoms with E-state index in [1.807, 2.05) is 23.1 Å². The number of methoxy groups -OCH3 is 2. The van der Waals surface area contributed by atoms with E-state index in [0.29, 0.717) is 13.1 Å². The maximum absolute atomic E-state index is 14.4. The minimum absolute atomic E-state index is 0.143. The molecule has 1 aromatic carbocycles. The van der Waals surface area contributed by atoms with Crippen molar-refractivity contribution in [2.24, 2.45) is 0 Å². The summed E-state index contributed by atoms with van der Waals surface area (Å²) in [5.41, 5.74) is 0. The van der Waals surface area contributed by atoms with Crippen molar-refractivity contribution in [1.82, 2.24) is 9.29 Å². The molecule has 7 nitrogen and oxygen atoms in total. The van der Waals surface area contributed by atoms with Crippen molar-refractivity contribution in [3.05, 3.63) is 42.3 Å². The molecular weight excluding hydrogens is 361 g/mol. The average Bonchev–Trinajstić information content (AvgIpc) is 2.68. The molecule has 0 amide bonds. The molecule has 0 aliphatic carbocycles. The molecule has 1 saturated heterocycles. The van der Waals surface area contributed by atoms with Crippen LogP contribution >= 0.6 is 0 Å². The van der Waals surface area contributed by atoms with Crippen LogP contribution in [0.5, 0.6) is 11.5 Å². The van der Waals surface area contributed by atoms with E-state index in [0.717, 1.165) is 18.0 Å². The number of anilines is 1. The maximum atomic E-state index is 14.4. The van der Waals surface area contributed by atoms with Crippen LogP contribution in [0.2, 0.25) is 0 Å². The SMILES string of the molecule is COc1cc(F)c(S(=O)(=O)N2CCN(c3ccccn3)CC2)cc1OC. The van der Waals surface area contributed by atoms with Crippen molar-refractivity contribution in [3.8, 4) is 11.5 Å². The van der Waals surface area contributed by atoms with Gasteiger partial charge in [0, 0.05) is 44.5 Å². The van der Waals surface area contributed by atoms with Gasteiger partial charge in [-0.15, -0.1) is 0 Å². The van der Waals surface area contributed by atoms with Crippen LogP contribution in [0.1, 0.15) is 0 Å². The Bertz CT molecular complexity index is 869. The van der Waals surface area contributed by atoms with E-state index >= 15 is 0 Å². The predicted molar refractivity (Wildman–Crippen MR) is 94.7 cm³/mol. The molecule has 3 rings (SSSR count). The number of hydrogen-bond donors (Lipinski definition) is 0. The maximum Gasteiger partial charge on any atom is 0.246 e. The largest absolute Gasteiger partial charge is 0.493 e. The van der Waals surface area contributed by atoms with Crippen molar-refractivity contribution >= 4 is 15.8 Å². The Morgan fingerprint density at radius 2 is 1.69 bits per heavy atom. The van der Waals surface area contributed by atoms with E-state index in [1.165, 1.54) is 18.5 Å². The summed E-state index contributed by atoms with van der Waals surface area (Å²) in [6.07, 6.45) is 1.69. The zero-order chi connectivity index (χ0) is 18.7. The normalized spacial score (nSPS) is 15.7. The van der Waals surface area contributed by atoms with E-state index < -0.39 is 20.7 Å². The third kappa shape index (κ3) is 3.45. The molecule has 9 heteroatoms. The summed E-state index contributed by atoms with van der Waals surface area (Å²) in [7, 11) is -1.24. The van der Waals surface area contributed by atoms with E-state index in [4.69, 9.17) is 9.47 Å². The van der Waals surface area contributed by atoms with Gasteiger partial charge in [0.1, 0.15) is 16.5 Å². The first-order chi connectivity index (χ1) is 12.5. The highest BCUT2D eigenvalue weighted by Crippen LogP contribution is 2.33. The number of halogens is 1. The molecule has 26 heavy (non-hydrogen) atoms. The van der Waals surface area contributed by atoms with Gasteiger partial charge in [-0.3, -0.25) is 0 Å². The second-order valence-corrected chi connectivity index (χ2v) is 7.62. The van der Waals surface area contributed by atoms with Gasteiger partial charge in [-0.1, -0.05) is 6.07 Å². The summed E-state index contributed by atoms with van der Waals surface area (Å²) in [5.74, 6) is 0.236. The van der Waals surface area contributed by atoms with Crippen LogP contribution in [-0.4, -0.2) is 58.1 Å². The van der Waals surface area contributed by atoms with E-state index in [1.54, 1.807) is 6.20 Å². The van der Waals surface area contributed by atoms with Gasteiger partial charge in [-0.25, -0.2) is 17.8 Å². The molecule has 1 aliphatic rings. The first kappa shape index (κ1) is 18.4. The molecule has 0 atom stereocenters. The number of piperazine rings is 1. The Hall–Kier alpha value is -2.39. The monoisotopic (exact) mass is 381 g/mol. The van der Waals surface area contributed by atoms with Crippen LogP contribution in [0.25, 0.3) is 0 Å². The molecule has 0 spiro atoms. The third-order valence-electron chi connectivity index (χ3n) is 4.27. The lowest BCUT2D eigenvalue weighted by Crippen LogP contribution is -2.49. The molecule has 0 saturated carbocycles. The van der Waals surface area contributed by atoms with Gasteiger partial charge >= 0.3 is 0 Å². The molecule has 140 valence electrons. The van der Waals surface area contributed by atoms with Crippen molar-refractivity contribution in [1.29, 1.82) is 0 Å². The number of nitrogens with zero attached hydrogens (tertiary/aromatic N) is 3. The number of pyridine rings is 1. The molecular formula is C17H20FN3O4S. The van der Waals surface area contributed by atoms with Crippen molar-refractivity contribution in [2.75, 3.05) is 45.3 Å². The zero-order valence-electron chi connectivity index (χ0n) is 14.6. The highest BCUT2D eigenvalue weighted by atomic mass is 32.2. The van der Waals surface area contributed by atoms with Crippen LogP contribution in [0.4, 0.5) is 10.2 Å². The number of sulfonamides is 1. The second kappa shape index (κ2) is 7.46. The number of rotatable bonds is 5. The van der Waals surface area contributed by atoms with E-state index in [2.05, 4.69) is 4.98 Å². The van der Waals surface area contributed by atoms with Gasteiger partial charge in [0.2, 0.25) is 10.0 Å². The number of ether oxygens (including phenoxy) is 2. The van der Waals surface area contributed by atoms with Crippen molar-refractivity contribution < 1.29 is 22.3 Å². The van der Waals surface area contributed by atoms with Crippen molar-refractivity contribution in [3.63, 3.8) is 0 Å². The third-order valence-corrected chi connectivity index (χ3v) is 6.18. The van der Waals surface area contributed by atoms with Gasteiger partial charge in [-0.05, 0) is 12.1 Å². The number of aromatic nitrogens is 1. The summed E-state index contributed by atoms with van der Waals surface area (Å²) in [5, 5.41) is 0. The van der Waals surface area contributed by atoms with E-state index in [-0.39, 0.29) is 24.6 Å². The summed E-state index contributed by atoms with van der Waals surface area (Å²) in [4.78, 5) is 5.85. The zero-order valence-corrected chi connectivity index (χ0v) is 15.4. The first-order valence-corrected chi connectivity index (χ1v) is 9.49. The highest BCUT2D eigenvalue weighted by Gasteiger charge is 2.32. The van der Waals surface area contributed by atoms with Gasteiger partial charge < -0.3 is 14.4 Å². The smallest absolute Gasteiger partial charge is 0.246 e. The van der Waals surface area contributed by atoms with Gasteiger partial charge in [0.05, 0.1) is 14.2 Å². The lowest BCUT2D eigenvalue weighted by Gasteiger charge is -2.34. The van der Waals surface area contributed by atoms with E-state index in [9.17, 15) is 12.8 Å². The topological polar surface area (TPSA) is 72.0 Å². The van der Waals surface area contributed by atoms with Crippen LogP contribution in [0.3, 0.4) is 0 Å². The Labute approximate surface area is 152 Å². The first-order valence-electron chi connectivity index (χ1n) is 8.05. The molecule has 0 bridgehead atoms. The Balaban J connectivity index is 1.82. The fourth-order valence-electron chi connectivity index (χ4n) is 2.87. The summed E-state index contributed by atoms with van der Waals surface area (Å²) in [6, 6.07) is 7.76. The lowest BCUT2D eigenvalue weighted by atomic mass is 10.3. The standard InChI is InChI=1S/C17H20FN3O4S/c1-24-14-11-13(18)16(12-15(14)25-2)26(22,23)21-9-7-20(8-10-21)17-5-3-4-6-19-17/h3-6,11-12H,7-10H2,1-2H3. The Kier molecular flexibility index (Phi) is 5.28. The van der Waals surface area contributed by atoms with Gasteiger partial charge in [0.25, 0.3) is 0 Å². The minimum Gasteiger partial charge on any atom is -0.493 e. The summed E-state index contributed by atoms with van der Waals surface area (Å²) < 4.78 is 51.5. The molecule has 0 radical (unpaired) electrons.